The number of pyridine rings is 1. The number of rotatable bonds is 12. The highest BCUT2D eigenvalue weighted by Gasteiger charge is 2.31. The third-order valence-corrected chi connectivity index (χ3v) is 5.45. The van der Waals surface area contributed by atoms with Crippen molar-refractivity contribution in [1.82, 2.24) is 19.7 Å². The Kier molecular flexibility index (Phi) is 14.5. The van der Waals surface area contributed by atoms with E-state index >= 15 is 0 Å². The molecular weight excluding hydrogens is 520 g/mol. The Morgan fingerprint density at radius 2 is 1.82 bits per heavy atom. The molecule has 0 N–H and O–H groups in total. The number of ether oxygens (including phenoxy) is 1. The molecule has 1 aromatic carbocycles. The maximum absolute atomic E-state index is 12.4. The number of hydrogen-bond acceptors (Lipinski definition) is 11. The Labute approximate surface area is 231 Å². The highest BCUT2D eigenvalue weighted by Crippen LogP contribution is 2.29. The molecule has 15 nitrogen and oxygen atoms in total. The molecule has 1 heterocycles. The van der Waals surface area contributed by atoms with E-state index < -0.39 is 22.8 Å². The van der Waals surface area contributed by atoms with Crippen LogP contribution in [0, 0.1) is 32.8 Å². The monoisotopic (exact) mass is 550 g/mol. The van der Waals surface area contributed by atoms with Gasteiger partial charge in [-0.1, -0.05) is 6.07 Å². The van der Waals surface area contributed by atoms with Gasteiger partial charge in [-0.25, -0.2) is 4.79 Å². The number of hydrogen-bond donors (Lipinski definition) is 0. The SMILES string of the molecule is CN(CC#N)Cc1ccccn1.COC(=O)C(c1cc([N+](=O)[O-])ccc1C(=O)N=[N+]=[N-])N(C)CCN(C)CC#N. The molecule has 0 bridgehead atoms. The number of azide groups is 1. The Morgan fingerprint density at radius 1 is 1.15 bits per heavy atom. The predicted molar refractivity (Wildman–Crippen MR) is 143 cm³/mol. The smallest absolute Gasteiger partial charge is 0.327 e. The van der Waals surface area contributed by atoms with Crippen molar-refractivity contribution in [3.63, 3.8) is 0 Å². The van der Waals surface area contributed by atoms with E-state index in [1.807, 2.05) is 36.2 Å². The summed E-state index contributed by atoms with van der Waals surface area (Å²) < 4.78 is 4.81. The molecule has 1 aromatic heterocycles. The van der Waals surface area contributed by atoms with Gasteiger partial charge in [-0.3, -0.25) is 34.6 Å². The minimum absolute atomic E-state index is 0.0103. The molecule has 0 fully saturated rings. The van der Waals surface area contributed by atoms with Gasteiger partial charge in [0.05, 0.1) is 43.0 Å². The second-order valence-electron chi connectivity index (χ2n) is 8.48. The Morgan fingerprint density at radius 3 is 2.38 bits per heavy atom. The van der Waals surface area contributed by atoms with E-state index in [0.717, 1.165) is 37.5 Å². The zero-order chi connectivity index (χ0) is 30.1. The van der Waals surface area contributed by atoms with Gasteiger partial charge in [0.25, 0.3) is 5.69 Å². The van der Waals surface area contributed by atoms with E-state index in [2.05, 4.69) is 21.1 Å². The Balaban J connectivity index is 0.000000552. The summed E-state index contributed by atoms with van der Waals surface area (Å²) in [5.41, 5.74) is 9.03. The molecule has 15 heteroatoms. The van der Waals surface area contributed by atoms with E-state index in [1.165, 1.54) is 4.90 Å². The van der Waals surface area contributed by atoms with E-state index in [4.69, 9.17) is 20.8 Å². The van der Waals surface area contributed by atoms with Gasteiger partial charge in [0, 0.05) is 48.4 Å². The first-order valence-corrected chi connectivity index (χ1v) is 11.8. The van der Waals surface area contributed by atoms with Crippen LogP contribution in [0.2, 0.25) is 0 Å². The summed E-state index contributed by atoms with van der Waals surface area (Å²) in [5, 5.41) is 31.3. The predicted octanol–water partition coefficient (Wildman–Crippen LogP) is 2.68. The molecule has 2 aromatic rings. The average molecular weight is 551 g/mol. The number of aromatic nitrogens is 1. The fraction of sp³-hybridized carbons (Fsp3) is 0.400. The van der Waals surface area contributed by atoms with Gasteiger partial charge in [0.2, 0.25) is 5.91 Å². The molecular formula is C25H30N10O5. The highest BCUT2D eigenvalue weighted by molar-refractivity contribution is 5.98. The maximum Gasteiger partial charge on any atom is 0.327 e. The third kappa shape index (κ3) is 10.8. The Bertz CT molecular complexity index is 1290. The lowest BCUT2D eigenvalue weighted by Crippen LogP contribution is -2.38. The number of amides is 1. The van der Waals surface area contributed by atoms with Crippen LogP contribution in [-0.4, -0.2) is 90.9 Å². The van der Waals surface area contributed by atoms with Gasteiger partial charge < -0.3 is 4.74 Å². The number of methoxy groups -OCH3 is 1. The lowest BCUT2D eigenvalue weighted by atomic mass is 9.97. The number of likely N-dealkylation sites (N-methyl/N-ethyl adjacent to an activating group) is 2. The number of nitriles is 2. The van der Waals surface area contributed by atoms with Crippen LogP contribution in [0.25, 0.3) is 10.4 Å². The minimum Gasteiger partial charge on any atom is -0.468 e. The second kappa shape index (κ2) is 17.6. The summed E-state index contributed by atoms with van der Waals surface area (Å²) in [5.74, 6) is -1.72. The summed E-state index contributed by atoms with van der Waals surface area (Å²) in [6, 6.07) is 12.0. The summed E-state index contributed by atoms with van der Waals surface area (Å²) >= 11 is 0. The fourth-order valence-corrected chi connectivity index (χ4v) is 3.44. The molecule has 210 valence electrons. The topological polar surface area (TPSA) is 205 Å². The average Bonchev–Trinajstić information content (AvgIpc) is 2.93. The van der Waals surface area contributed by atoms with Crippen LogP contribution < -0.4 is 0 Å². The normalized spacial score (nSPS) is 10.9. The number of nitro benzene ring substituents is 1. The molecule has 0 saturated carbocycles. The zero-order valence-electron chi connectivity index (χ0n) is 22.7. The number of carbonyl (C=O) groups is 2. The third-order valence-electron chi connectivity index (χ3n) is 5.45. The standard InChI is InChI=1S/C16H19N7O5.C9H11N3/c1-21(7-6-17)8-9-22(2)14(16(25)28-3)13-10-11(23(26)27)4-5-12(13)15(24)19-20-18;1-12(7-5-10)8-9-4-2-3-6-11-9/h4-5,10,14H,7-9H2,1-3H3;2-4,6H,7-8H2,1H3. The van der Waals surface area contributed by atoms with Crippen LogP contribution >= 0.6 is 0 Å². The lowest BCUT2D eigenvalue weighted by Gasteiger charge is -2.28. The van der Waals surface area contributed by atoms with Crippen molar-refractivity contribution in [2.24, 2.45) is 5.11 Å². The molecule has 2 rings (SSSR count). The number of carbonyl (C=O) groups excluding carboxylic acids is 2. The van der Waals surface area contributed by atoms with Crippen molar-refractivity contribution in [3.8, 4) is 12.1 Å². The summed E-state index contributed by atoms with van der Waals surface area (Å²) in [6.45, 7) is 2.04. The van der Waals surface area contributed by atoms with Crippen molar-refractivity contribution in [2.75, 3.05) is 54.4 Å². The highest BCUT2D eigenvalue weighted by atomic mass is 16.6. The number of esters is 1. The summed E-state index contributed by atoms with van der Waals surface area (Å²) in [6.07, 6.45) is 1.76. The van der Waals surface area contributed by atoms with Gasteiger partial charge in [-0.2, -0.15) is 10.5 Å². The van der Waals surface area contributed by atoms with Crippen LogP contribution in [0.5, 0.6) is 0 Å². The van der Waals surface area contributed by atoms with Gasteiger partial charge in [0.1, 0.15) is 6.04 Å². The molecule has 0 aliphatic carbocycles. The van der Waals surface area contributed by atoms with Crippen molar-refractivity contribution >= 4 is 17.6 Å². The molecule has 1 amide bonds. The molecule has 0 saturated heterocycles. The van der Waals surface area contributed by atoms with Crippen LogP contribution in [-0.2, 0) is 16.1 Å². The quantitative estimate of drug-likeness (QED) is 0.0714. The number of nitrogens with zero attached hydrogens (tertiary/aromatic N) is 10. The van der Waals surface area contributed by atoms with Crippen LogP contribution in [0.15, 0.2) is 47.7 Å². The molecule has 0 aliphatic rings. The molecule has 1 unspecified atom stereocenters. The van der Waals surface area contributed by atoms with E-state index in [0.29, 0.717) is 13.1 Å². The van der Waals surface area contributed by atoms with Crippen molar-refractivity contribution in [1.29, 1.82) is 10.5 Å². The first kappa shape index (κ1) is 33.1. The molecule has 0 spiro atoms. The maximum atomic E-state index is 12.4. The van der Waals surface area contributed by atoms with Crippen molar-refractivity contribution in [3.05, 3.63) is 80.0 Å². The first-order chi connectivity index (χ1) is 19.1. The van der Waals surface area contributed by atoms with Gasteiger partial charge in [-0.05, 0) is 55.6 Å². The van der Waals surface area contributed by atoms with E-state index in [9.17, 15) is 19.7 Å². The number of nitro groups is 1. The van der Waals surface area contributed by atoms with Crippen LogP contribution in [0.4, 0.5) is 5.69 Å². The van der Waals surface area contributed by atoms with Gasteiger partial charge in [0.15, 0.2) is 0 Å². The number of non-ortho nitro benzene ring substituents is 1. The van der Waals surface area contributed by atoms with Gasteiger partial charge in [-0.15, -0.1) is 0 Å². The molecule has 0 radical (unpaired) electrons. The van der Waals surface area contributed by atoms with Crippen LogP contribution in [0.1, 0.15) is 27.7 Å². The minimum atomic E-state index is -1.16. The zero-order valence-corrected chi connectivity index (χ0v) is 22.7. The molecule has 0 aliphatic heterocycles. The fourth-order valence-electron chi connectivity index (χ4n) is 3.44. The van der Waals surface area contributed by atoms with Crippen molar-refractivity contribution in [2.45, 2.75) is 12.6 Å². The second-order valence-corrected chi connectivity index (χ2v) is 8.48. The molecule has 1 atom stereocenters. The summed E-state index contributed by atoms with van der Waals surface area (Å²) in [4.78, 5) is 46.8. The van der Waals surface area contributed by atoms with Crippen molar-refractivity contribution < 1.29 is 19.2 Å². The largest absolute Gasteiger partial charge is 0.468 e. The summed E-state index contributed by atoms with van der Waals surface area (Å²) in [7, 11) is 6.34. The van der Waals surface area contributed by atoms with E-state index in [1.54, 1.807) is 25.2 Å². The van der Waals surface area contributed by atoms with Gasteiger partial charge >= 0.3 is 5.97 Å². The Hall–Kier alpha value is -4.92. The lowest BCUT2D eigenvalue weighted by molar-refractivity contribution is -0.384. The molecule has 40 heavy (non-hydrogen) atoms. The first-order valence-electron chi connectivity index (χ1n) is 11.8. The number of benzene rings is 1. The van der Waals surface area contributed by atoms with Crippen LogP contribution in [0.3, 0.4) is 0 Å². The van der Waals surface area contributed by atoms with E-state index in [-0.39, 0.29) is 29.9 Å².